The van der Waals surface area contributed by atoms with Crippen molar-refractivity contribution in [1.29, 1.82) is 0 Å². The third-order valence-electron chi connectivity index (χ3n) is 4.37. The number of hydrogen-bond acceptors (Lipinski definition) is 2. The van der Waals surface area contributed by atoms with Crippen molar-refractivity contribution < 1.29 is 4.79 Å². The minimum Gasteiger partial charge on any atom is -0.338 e. The smallest absolute Gasteiger partial charge is 0.255 e. The van der Waals surface area contributed by atoms with Crippen molar-refractivity contribution in [3.63, 3.8) is 0 Å². The van der Waals surface area contributed by atoms with Crippen LogP contribution in [0.2, 0.25) is 5.02 Å². The van der Waals surface area contributed by atoms with Gasteiger partial charge in [-0.3, -0.25) is 4.79 Å². The number of benzene rings is 2. The lowest BCUT2D eigenvalue weighted by molar-refractivity contribution is 0.0787. The third-order valence-corrected chi connectivity index (χ3v) is 4.70. The highest BCUT2D eigenvalue weighted by molar-refractivity contribution is 6.34. The topological polar surface area (TPSA) is 32.3 Å². The third kappa shape index (κ3) is 3.57. The molecule has 1 atom stereocenters. The molecule has 2 aromatic carbocycles. The van der Waals surface area contributed by atoms with Gasteiger partial charge < -0.3 is 10.2 Å². The average Bonchev–Trinajstić information content (AvgIpc) is 3.04. The van der Waals surface area contributed by atoms with Gasteiger partial charge in [0.1, 0.15) is 0 Å². The SMILES string of the molecule is CNCC1CCN(C(=O)c2cc(-c3ccccc3)ccc2Cl)C1. The lowest BCUT2D eigenvalue weighted by Gasteiger charge is -2.18. The Morgan fingerprint density at radius 2 is 2.00 bits per heavy atom. The number of amides is 1. The Labute approximate surface area is 142 Å². The van der Waals surface area contributed by atoms with Gasteiger partial charge in [-0.1, -0.05) is 48.0 Å². The standard InChI is InChI=1S/C19H21ClN2O/c1-21-12-14-9-10-22(13-14)19(23)17-11-16(7-8-18(17)20)15-5-3-2-4-6-15/h2-8,11,14,21H,9-10,12-13H2,1H3. The van der Waals surface area contributed by atoms with E-state index in [0.717, 1.165) is 37.2 Å². The molecule has 1 fully saturated rings. The van der Waals surface area contributed by atoms with E-state index in [0.29, 0.717) is 16.5 Å². The lowest BCUT2D eigenvalue weighted by Crippen LogP contribution is -2.30. The molecule has 1 unspecified atom stereocenters. The maximum atomic E-state index is 12.8. The summed E-state index contributed by atoms with van der Waals surface area (Å²) in [5.41, 5.74) is 2.70. The van der Waals surface area contributed by atoms with Crippen molar-refractivity contribution in [3.05, 3.63) is 59.1 Å². The first-order valence-electron chi connectivity index (χ1n) is 7.98. The number of likely N-dealkylation sites (tertiary alicyclic amines) is 1. The molecule has 23 heavy (non-hydrogen) atoms. The van der Waals surface area contributed by atoms with E-state index >= 15 is 0 Å². The second-order valence-corrected chi connectivity index (χ2v) is 6.43. The maximum Gasteiger partial charge on any atom is 0.255 e. The van der Waals surface area contributed by atoms with Crippen molar-refractivity contribution in [2.24, 2.45) is 5.92 Å². The van der Waals surface area contributed by atoms with Crippen molar-refractivity contribution in [3.8, 4) is 11.1 Å². The maximum absolute atomic E-state index is 12.8. The molecule has 0 bridgehead atoms. The summed E-state index contributed by atoms with van der Waals surface area (Å²) in [4.78, 5) is 14.7. The van der Waals surface area contributed by atoms with E-state index in [2.05, 4.69) is 5.32 Å². The van der Waals surface area contributed by atoms with Gasteiger partial charge in [0.2, 0.25) is 0 Å². The van der Waals surface area contributed by atoms with Crippen LogP contribution >= 0.6 is 11.6 Å². The van der Waals surface area contributed by atoms with Gasteiger partial charge in [0.25, 0.3) is 5.91 Å². The van der Waals surface area contributed by atoms with Gasteiger partial charge in [0, 0.05) is 13.1 Å². The summed E-state index contributed by atoms with van der Waals surface area (Å²) in [6.07, 6.45) is 1.04. The number of carbonyl (C=O) groups is 1. The van der Waals surface area contributed by atoms with Crippen LogP contribution in [0.4, 0.5) is 0 Å². The van der Waals surface area contributed by atoms with Gasteiger partial charge in [-0.05, 0) is 49.2 Å². The van der Waals surface area contributed by atoms with Gasteiger partial charge in [-0.2, -0.15) is 0 Å². The number of carbonyl (C=O) groups excluding carboxylic acids is 1. The molecule has 1 aliphatic rings. The number of rotatable bonds is 4. The fourth-order valence-electron chi connectivity index (χ4n) is 3.14. The van der Waals surface area contributed by atoms with E-state index in [1.807, 2.05) is 60.5 Å². The fraction of sp³-hybridized carbons (Fsp3) is 0.316. The minimum atomic E-state index is 0.0337. The zero-order valence-electron chi connectivity index (χ0n) is 13.3. The predicted molar refractivity (Wildman–Crippen MR) is 94.8 cm³/mol. The average molecular weight is 329 g/mol. The van der Waals surface area contributed by atoms with Gasteiger partial charge in [0.05, 0.1) is 10.6 Å². The second kappa shape index (κ2) is 7.16. The molecule has 2 aromatic rings. The molecular weight excluding hydrogens is 308 g/mol. The molecule has 1 N–H and O–H groups in total. The molecule has 0 spiro atoms. The molecule has 3 rings (SSSR count). The number of halogens is 1. The van der Waals surface area contributed by atoms with E-state index in [4.69, 9.17) is 11.6 Å². The summed E-state index contributed by atoms with van der Waals surface area (Å²) in [5, 5.41) is 3.71. The molecule has 0 aliphatic carbocycles. The van der Waals surface area contributed by atoms with Crippen LogP contribution in [0.25, 0.3) is 11.1 Å². The molecule has 1 heterocycles. The number of hydrogen-bond donors (Lipinski definition) is 1. The highest BCUT2D eigenvalue weighted by Crippen LogP contribution is 2.27. The van der Waals surface area contributed by atoms with Crippen LogP contribution < -0.4 is 5.32 Å². The van der Waals surface area contributed by atoms with Crippen molar-refractivity contribution in [2.45, 2.75) is 6.42 Å². The molecule has 0 radical (unpaired) electrons. The fourth-order valence-corrected chi connectivity index (χ4v) is 3.34. The molecule has 1 aliphatic heterocycles. The second-order valence-electron chi connectivity index (χ2n) is 6.02. The summed E-state index contributed by atoms with van der Waals surface area (Å²) in [6.45, 7) is 2.55. The summed E-state index contributed by atoms with van der Waals surface area (Å²) in [6, 6.07) is 15.7. The zero-order valence-corrected chi connectivity index (χ0v) is 14.0. The van der Waals surface area contributed by atoms with Crippen LogP contribution in [0.3, 0.4) is 0 Å². The first kappa shape index (κ1) is 16.0. The Balaban J connectivity index is 1.83. The van der Waals surface area contributed by atoms with E-state index in [9.17, 15) is 4.79 Å². The lowest BCUT2D eigenvalue weighted by atomic mass is 10.0. The minimum absolute atomic E-state index is 0.0337. The zero-order chi connectivity index (χ0) is 16.2. The Morgan fingerprint density at radius 1 is 1.22 bits per heavy atom. The largest absolute Gasteiger partial charge is 0.338 e. The monoisotopic (exact) mass is 328 g/mol. The van der Waals surface area contributed by atoms with E-state index in [1.165, 1.54) is 0 Å². The Morgan fingerprint density at radius 3 is 2.74 bits per heavy atom. The first-order valence-corrected chi connectivity index (χ1v) is 8.35. The Bertz CT molecular complexity index is 687. The van der Waals surface area contributed by atoms with Crippen LogP contribution in [0, 0.1) is 5.92 Å². The van der Waals surface area contributed by atoms with Crippen LogP contribution in [-0.2, 0) is 0 Å². The van der Waals surface area contributed by atoms with Crippen LogP contribution in [0.15, 0.2) is 48.5 Å². The molecule has 0 aromatic heterocycles. The van der Waals surface area contributed by atoms with Crippen molar-refractivity contribution >= 4 is 17.5 Å². The van der Waals surface area contributed by atoms with Gasteiger partial charge >= 0.3 is 0 Å². The quantitative estimate of drug-likeness (QED) is 0.928. The van der Waals surface area contributed by atoms with Crippen LogP contribution in [0.1, 0.15) is 16.8 Å². The highest BCUT2D eigenvalue weighted by atomic mass is 35.5. The molecule has 120 valence electrons. The van der Waals surface area contributed by atoms with Crippen molar-refractivity contribution in [1.82, 2.24) is 10.2 Å². The Hall–Kier alpha value is -1.84. The van der Waals surface area contributed by atoms with Gasteiger partial charge in [-0.15, -0.1) is 0 Å². The summed E-state index contributed by atoms with van der Waals surface area (Å²) < 4.78 is 0. The molecule has 4 heteroatoms. The number of nitrogens with zero attached hydrogens (tertiary/aromatic N) is 1. The predicted octanol–water partition coefficient (Wildman–Crippen LogP) is 3.69. The van der Waals surface area contributed by atoms with Gasteiger partial charge in [-0.25, -0.2) is 0 Å². The molecule has 1 saturated heterocycles. The highest BCUT2D eigenvalue weighted by Gasteiger charge is 2.27. The normalized spacial score (nSPS) is 17.5. The van der Waals surface area contributed by atoms with E-state index in [-0.39, 0.29) is 5.91 Å². The van der Waals surface area contributed by atoms with Gasteiger partial charge in [0.15, 0.2) is 0 Å². The summed E-state index contributed by atoms with van der Waals surface area (Å²) >= 11 is 6.29. The summed E-state index contributed by atoms with van der Waals surface area (Å²) in [7, 11) is 1.95. The number of nitrogens with one attached hydrogen (secondary N) is 1. The van der Waals surface area contributed by atoms with E-state index in [1.54, 1.807) is 0 Å². The van der Waals surface area contributed by atoms with Crippen LogP contribution in [0.5, 0.6) is 0 Å². The van der Waals surface area contributed by atoms with E-state index < -0.39 is 0 Å². The summed E-state index contributed by atoms with van der Waals surface area (Å²) in [5.74, 6) is 0.561. The Kier molecular flexibility index (Phi) is 4.99. The molecule has 3 nitrogen and oxygen atoms in total. The first-order chi connectivity index (χ1) is 11.2. The molecular formula is C19H21ClN2O. The van der Waals surface area contributed by atoms with Crippen molar-refractivity contribution in [2.75, 3.05) is 26.7 Å². The van der Waals surface area contributed by atoms with Crippen LogP contribution in [-0.4, -0.2) is 37.5 Å². The molecule has 0 saturated carbocycles. The molecule has 1 amide bonds.